The first-order valence-corrected chi connectivity index (χ1v) is 7.29. The number of aliphatic hydroxyl groups is 1. The third-order valence-electron chi connectivity index (χ3n) is 4.25. The summed E-state index contributed by atoms with van der Waals surface area (Å²) in [6.45, 7) is 2.12. The normalized spacial score (nSPS) is 27.2. The van der Waals surface area contributed by atoms with E-state index < -0.39 is 0 Å². The van der Waals surface area contributed by atoms with E-state index in [1.165, 1.54) is 12.4 Å². The van der Waals surface area contributed by atoms with Crippen LogP contribution in [0, 0.1) is 5.92 Å². The molecule has 22 heavy (non-hydrogen) atoms. The summed E-state index contributed by atoms with van der Waals surface area (Å²) in [4.78, 5) is 15.8. The molecule has 4 heterocycles. The van der Waals surface area contributed by atoms with Crippen molar-refractivity contribution in [1.82, 2.24) is 14.6 Å². The maximum Gasteiger partial charge on any atom is 0.249 e. The smallest absolute Gasteiger partial charge is 0.249 e. The van der Waals surface area contributed by atoms with Crippen LogP contribution < -0.4 is 5.32 Å². The number of aliphatic hydroxyl groups excluding tert-OH is 1. The van der Waals surface area contributed by atoms with Crippen molar-refractivity contribution in [3.63, 3.8) is 0 Å². The lowest BCUT2D eigenvalue weighted by Gasteiger charge is -2.15. The molecule has 1 fully saturated rings. The maximum absolute atomic E-state index is 11.6. The van der Waals surface area contributed by atoms with Gasteiger partial charge < -0.3 is 15.2 Å². The first-order valence-electron chi connectivity index (χ1n) is 7.29. The van der Waals surface area contributed by atoms with Crippen molar-refractivity contribution < 1.29 is 14.6 Å². The second-order valence-electron chi connectivity index (χ2n) is 5.79. The van der Waals surface area contributed by atoms with Crippen molar-refractivity contribution in [3.05, 3.63) is 29.7 Å². The number of carbonyl (C=O) groups excluding carboxylic acids is 1. The molecular weight excluding hydrogens is 284 g/mol. The summed E-state index contributed by atoms with van der Waals surface area (Å²) in [6.07, 6.45) is 5.20. The minimum absolute atomic E-state index is 0.0210. The van der Waals surface area contributed by atoms with Gasteiger partial charge in [0.2, 0.25) is 5.91 Å². The van der Waals surface area contributed by atoms with Crippen molar-refractivity contribution in [2.75, 3.05) is 11.9 Å². The molecule has 2 aromatic rings. The number of carbonyl (C=O) groups is 1. The standard InChI is InChI=1S/C15H16N4O3/c1-8-4-10(6-20)22-14(8)11-5-9-2-3-12(21)18-15-13(9)19(11)17-7-16-15/h2-3,5,7-8,10,14,20H,4,6H2,1H3,(H,16,17,18,21)/t8-,10-,14+/m0/s1. The summed E-state index contributed by atoms with van der Waals surface area (Å²) in [5.41, 5.74) is 2.56. The fraction of sp³-hybridized carbons (Fsp3) is 0.400. The molecule has 0 aromatic carbocycles. The van der Waals surface area contributed by atoms with Gasteiger partial charge in [0.05, 0.1) is 18.4 Å². The zero-order valence-corrected chi connectivity index (χ0v) is 12.1. The second-order valence-corrected chi connectivity index (χ2v) is 5.79. The lowest BCUT2D eigenvalue weighted by molar-refractivity contribution is -0.111. The van der Waals surface area contributed by atoms with Gasteiger partial charge in [0.25, 0.3) is 0 Å². The molecule has 0 spiro atoms. The lowest BCUT2D eigenvalue weighted by atomic mass is 9.99. The quantitative estimate of drug-likeness (QED) is 0.868. The first kappa shape index (κ1) is 13.4. The van der Waals surface area contributed by atoms with Crippen LogP contribution in [0.5, 0.6) is 0 Å². The summed E-state index contributed by atoms with van der Waals surface area (Å²) < 4.78 is 7.72. The molecule has 7 nitrogen and oxygen atoms in total. The van der Waals surface area contributed by atoms with Gasteiger partial charge in [-0.05, 0) is 24.5 Å². The monoisotopic (exact) mass is 300 g/mol. The molecule has 2 aromatic heterocycles. The Morgan fingerprint density at radius 1 is 1.50 bits per heavy atom. The number of nitrogens with zero attached hydrogens (tertiary/aromatic N) is 3. The summed E-state index contributed by atoms with van der Waals surface area (Å²) >= 11 is 0. The van der Waals surface area contributed by atoms with Gasteiger partial charge in [-0.3, -0.25) is 4.79 Å². The minimum Gasteiger partial charge on any atom is -0.394 e. The lowest BCUT2D eigenvalue weighted by Crippen LogP contribution is -2.14. The Balaban J connectivity index is 1.87. The molecule has 0 radical (unpaired) electrons. The molecule has 0 unspecified atom stereocenters. The second kappa shape index (κ2) is 4.89. The Kier molecular flexibility index (Phi) is 2.98. The molecule has 0 bridgehead atoms. The summed E-state index contributed by atoms with van der Waals surface area (Å²) in [7, 11) is 0. The van der Waals surface area contributed by atoms with E-state index in [9.17, 15) is 9.90 Å². The van der Waals surface area contributed by atoms with E-state index in [0.717, 1.165) is 23.2 Å². The highest BCUT2D eigenvalue weighted by molar-refractivity contribution is 6.07. The summed E-state index contributed by atoms with van der Waals surface area (Å²) in [6, 6.07) is 1.98. The van der Waals surface area contributed by atoms with Crippen LogP contribution in [0.3, 0.4) is 0 Å². The number of aromatic nitrogens is 3. The van der Waals surface area contributed by atoms with Crippen molar-refractivity contribution in [3.8, 4) is 0 Å². The highest BCUT2D eigenvalue weighted by Crippen LogP contribution is 2.40. The molecule has 4 rings (SSSR count). The molecule has 114 valence electrons. The Bertz CT molecular complexity index is 782. The number of hydrogen-bond acceptors (Lipinski definition) is 5. The summed E-state index contributed by atoms with van der Waals surface area (Å²) in [5.74, 6) is 0.572. The van der Waals surface area contributed by atoms with E-state index in [0.29, 0.717) is 5.82 Å². The zero-order chi connectivity index (χ0) is 15.3. The molecule has 2 N–H and O–H groups in total. The van der Waals surface area contributed by atoms with Gasteiger partial charge in [-0.15, -0.1) is 0 Å². The number of anilines is 1. The van der Waals surface area contributed by atoms with E-state index >= 15 is 0 Å². The topological polar surface area (TPSA) is 88.8 Å². The molecule has 1 amide bonds. The van der Waals surface area contributed by atoms with Crippen LogP contribution in [0.1, 0.15) is 30.7 Å². The molecular formula is C15H16N4O3. The highest BCUT2D eigenvalue weighted by Gasteiger charge is 2.35. The molecule has 0 aliphatic carbocycles. The SMILES string of the molecule is C[C@H]1C[C@@H](CO)O[C@H]1c1cc2c3c(ncnn13)NC(=O)C=C2. The number of amides is 1. The van der Waals surface area contributed by atoms with Crippen LogP contribution in [-0.4, -0.2) is 38.3 Å². The van der Waals surface area contributed by atoms with Crippen molar-refractivity contribution in [1.29, 1.82) is 0 Å². The Hall–Kier alpha value is -2.25. The van der Waals surface area contributed by atoms with Crippen molar-refractivity contribution >= 4 is 23.3 Å². The average Bonchev–Trinajstić information content (AvgIpc) is 3.01. The van der Waals surface area contributed by atoms with Gasteiger partial charge >= 0.3 is 0 Å². The van der Waals surface area contributed by atoms with Crippen LogP contribution in [0.2, 0.25) is 0 Å². The number of ether oxygens (including phenoxy) is 1. The van der Waals surface area contributed by atoms with E-state index in [4.69, 9.17) is 4.74 Å². The van der Waals surface area contributed by atoms with Crippen LogP contribution in [0.25, 0.3) is 11.6 Å². The van der Waals surface area contributed by atoms with Crippen LogP contribution in [-0.2, 0) is 9.53 Å². The van der Waals surface area contributed by atoms with Gasteiger partial charge in [0.15, 0.2) is 5.82 Å². The number of hydrogen-bond donors (Lipinski definition) is 2. The molecule has 1 saturated heterocycles. The largest absolute Gasteiger partial charge is 0.394 e. The van der Waals surface area contributed by atoms with Gasteiger partial charge in [-0.25, -0.2) is 9.50 Å². The maximum atomic E-state index is 11.6. The Morgan fingerprint density at radius 2 is 2.36 bits per heavy atom. The van der Waals surface area contributed by atoms with Crippen LogP contribution >= 0.6 is 0 Å². The fourth-order valence-electron chi connectivity index (χ4n) is 3.26. The van der Waals surface area contributed by atoms with Crippen molar-refractivity contribution in [2.45, 2.75) is 25.6 Å². The molecule has 0 saturated carbocycles. The molecule has 2 aliphatic heterocycles. The Labute approximate surface area is 126 Å². The van der Waals surface area contributed by atoms with E-state index in [1.807, 2.05) is 6.07 Å². The Morgan fingerprint density at radius 3 is 3.14 bits per heavy atom. The van der Waals surface area contributed by atoms with Crippen molar-refractivity contribution in [2.24, 2.45) is 5.92 Å². The van der Waals surface area contributed by atoms with Gasteiger partial charge in [-0.1, -0.05) is 6.92 Å². The van der Waals surface area contributed by atoms with E-state index in [1.54, 1.807) is 10.6 Å². The third kappa shape index (κ3) is 1.93. The van der Waals surface area contributed by atoms with E-state index in [-0.39, 0.29) is 30.6 Å². The summed E-state index contributed by atoms with van der Waals surface area (Å²) in [5, 5.41) is 16.4. The third-order valence-corrected chi connectivity index (χ3v) is 4.25. The zero-order valence-electron chi connectivity index (χ0n) is 12.1. The number of nitrogens with one attached hydrogen (secondary N) is 1. The van der Waals surface area contributed by atoms with Gasteiger partial charge in [0.1, 0.15) is 17.9 Å². The van der Waals surface area contributed by atoms with Crippen LogP contribution in [0.15, 0.2) is 18.5 Å². The molecule has 3 atom stereocenters. The first-order chi connectivity index (χ1) is 10.7. The number of rotatable bonds is 2. The van der Waals surface area contributed by atoms with E-state index in [2.05, 4.69) is 22.3 Å². The average molecular weight is 300 g/mol. The van der Waals surface area contributed by atoms with Gasteiger partial charge in [0, 0.05) is 11.6 Å². The van der Waals surface area contributed by atoms with Crippen LogP contribution in [0.4, 0.5) is 5.82 Å². The predicted octanol–water partition coefficient (Wildman–Crippen LogP) is 1.15. The predicted molar refractivity (Wildman–Crippen MR) is 79.1 cm³/mol. The fourth-order valence-corrected chi connectivity index (χ4v) is 3.26. The molecule has 2 aliphatic rings. The highest BCUT2D eigenvalue weighted by atomic mass is 16.5. The molecule has 7 heteroatoms. The minimum atomic E-state index is -0.204. The van der Waals surface area contributed by atoms with Gasteiger partial charge in [-0.2, -0.15) is 5.10 Å².